The zero-order chi connectivity index (χ0) is 18.4. The van der Waals surface area contributed by atoms with Crippen LogP contribution in [0.15, 0.2) is 47.6 Å². The van der Waals surface area contributed by atoms with Crippen LogP contribution in [0.5, 0.6) is 5.75 Å². The van der Waals surface area contributed by atoms with E-state index in [1.807, 2.05) is 19.1 Å². The van der Waals surface area contributed by atoms with Gasteiger partial charge in [0.1, 0.15) is 5.75 Å². The van der Waals surface area contributed by atoms with Gasteiger partial charge in [-0.25, -0.2) is 5.43 Å². The van der Waals surface area contributed by atoms with E-state index < -0.39 is 0 Å². The summed E-state index contributed by atoms with van der Waals surface area (Å²) >= 11 is 0. The molecule has 0 saturated carbocycles. The Bertz CT molecular complexity index is 794. The lowest BCUT2D eigenvalue weighted by molar-refractivity contribution is 0.0955. The van der Waals surface area contributed by atoms with E-state index in [9.17, 15) is 4.79 Å². The third-order valence-electron chi connectivity index (χ3n) is 4.68. The molecule has 1 N–H and O–H groups in total. The lowest BCUT2D eigenvalue weighted by Gasteiger charge is -2.16. The van der Waals surface area contributed by atoms with Crippen LogP contribution in [0.1, 0.15) is 60.2 Å². The molecule has 3 rings (SSSR count). The molecule has 0 spiro atoms. The van der Waals surface area contributed by atoms with Crippen LogP contribution in [0.3, 0.4) is 0 Å². The molecule has 0 heterocycles. The van der Waals surface area contributed by atoms with Crippen LogP contribution in [0.2, 0.25) is 0 Å². The normalized spacial score (nSPS) is 13.8. The van der Waals surface area contributed by atoms with Crippen LogP contribution >= 0.6 is 0 Å². The number of hydrogen-bond donors (Lipinski definition) is 1. The number of aryl methyl sites for hydroxylation is 2. The second-order valence-electron chi connectivity index (χ2n) is 6.70. The van der Waals surface area contributed by atoms with Crippen LogP contribution in [-0.4, -0.2) is 18.2 Å². The van der Waals surface area contributed by atoms with Gasteiger partial charge in [-0.2, -0.15) is 5.10 Å². The number of hydrazone groups is 1. The first-order valence-electron chi connectivity index (χ1n) is 9.37. The van der Waals surface area contributed by atoms with Gasteiger partial charge in [0.2, 0.25) is 0 Å². The van der Waals surface area contributed by atoms with Crippen molar-refractivity contribution in [3.63, 3.8) is 0 Å². The first kappa shape index (κ1) is 18.2. The molecule has 0 radical (unpaired) electrons. The van der Waals surface area contributed by atoms with Crippen LogP contribution in [0.25, 0.3) is 0 Å². The van der Waals surface area contributed by atoms with Crippen molar-refractivity contribution in [1.29, 1.82) is 0 Å². The second-order valence-corrected chi connectivity index (χ2v) is 6.70. The molecule has 2 aromatic carbocycles. The van der Waals surface area contributed by atoms with Crippen LogP contribution in [0, 0.1) is 0 Å². The number of hydrogen-bond acceptors (Lipinski definition) is 3. The van der Waals surface area contributed by atoms with Gasteiger partial charge in [-0.1, -0.05) is 19.1 Å². The molecule has 0 unspecified atom stereocenters. The molecule has 2 aromatic rings. The molecule has 1 amide bonds. The van der Waals surface area contributed by atoms with Crippen molar-refractivity contribution in [3.8, 4) is 5.75 Å². The zero-order valence-corrected chi connectivity index (χ0v) is 15.5. The number of rotatable bonds is 6. The highest BCUT2D eigenvalue weighted by Gasteiger charge is 2.11. The third-order valence-corrected chi connectivity index (χ3v) is 4.68. The first-order valence-corrected chi connectivity index (χ1v) is 9.37. The Balaban J connectivity index is 1.64. The molecule has 0 bridgehead atoms. The van der Waals surface area contributed by atoms with Crippen molar-refractivity contribution >= 4 is 11.6 Å². The van der Waals surface area contributed by atoms with Crippen molar-refractivity contribution in [2.75, 3.05) is 6.61 Å². The zero-order valence-electron chi connectivity index (χ0n) is 15.5. The minimum absolute atomic E-state index is 0.218. The summed E-state index contributed by atoms with van der Waals surface area (Å²) in [5.41, 5.74) is 7.95. The van der Waals surface area contributed by atoms with Gasteiger partial charge in [-0.3, -0.25) is 4.79 Å². The smallest absolute Gasteiger partial charge is 0.271 e. The van der Waals surface area contributed by atoms with Gasteiger partial charge in [0.25, 0.3) is 5.91 Å². The number of ether oxygens (including phenoxy) is 1. The minimum Gasteiger partial charge on any atom is -0.494 e. The van der Waals surface area contributed by atoms with Crippen molar-refractivity contribution in [1.82, 2.24) is 5.43 Å². The fourth-order valence-corrected chi connectivity index (χ4v) is 3.14. The highest BCUT2D eigenvalue weighted by Crippen LogP contribution is 2.22. The summed E-state index contributed by atoms with van der Waals surface area (Å²) in [6.07, 6.45) is 5.79. The Morgan fingerprint density at radius 1 is 1.04 bits per heavy atom. The van der Waals surface area contributed by atoms with Crippen LogP contribution in [-0.2, 0) is 12.8 Å². The maximum Gasteiger partial charge on any atom is 0.271 e. The molecule has 0 fully saturated rings. The predicted molar refractivity (Wildman–Crippen MR) is 105 cm³/mol. The SMILES string of the molecule is CCCOc1ccc(C(=O)N/N=C(/C)c2ccc3c(c2)CCCC3)cc1. The van der Waals surface area contributed by atoms with Crippen molar-refractivity contribution in [2.24, 2.45) is 5.10 Å². The van der Waals surface area contributed by atoms with Crippen molar-refractivity contribution < 1.29 is 9.53 Å². The highest BCUT2D eigenvalue weighted by atomic mass is 16.5. The summed E-state index contributed by atoms with van der Waals surface area (Å²) in [7, 11) is 0. The Kier molecular flexibility index (Phi) is 6.05. The number of carbonyl (C=O) groups is 1. The van der Waals surface area contributed by atoms with E-state index in [0.29, 0.717) is 12.2 Å². The number of benzene rings is 2. The summed E-state index contributed by atoms with van der Waals surface area (Å²) in [6, 6.07) is 13.6. The first-order chi connectivity index (χ1) is 12.7. The van der Waals surface area contributed by atoms with E-state index in [0.717, 1.165) is 29.9 Å². The summed E-state index contributed by atoms with van der Waals surface area (Å²) < 4.78 is 5.53. The number of nitrogens with zero attached hydrogens (tertiary/aromatic N) is 1. The monoisotopic (exact) mass is 350 g/mol. The van der Waals surface area contributed by atoms with Gasteiger partial charge in [-0.15, -0.1) is 0 Å². The Hall–Kier alpha value is -2.62. The number of amides is 1. The van der Waals surface area contributed by atoms with Gasteiger partial charge >= 0.3 is 0 Å². The maximum atomic E-state index is 12.3. The van der Waals surface area contributed by atoms with E-state index in [2.05, 4.69) is 35.7 Å². The van der Waals surface area contributed by atoms with Crippen LogP contribution in [0.4, 0.5) is 0 Å². The van der Waals surface area contributed by atoms with Gasteiger partial charge in [0.05, 0.1) is 12.3 Å². The molecule has 0 atom stereocenters. The Morgan fingerprint density at radius 3 is 2.46 bits per heavy atom. The minimum atomic E-state index is -0.218. The molecule has 1 aliphatic rings. The fourth-order valence-electron chi connectivity index (χ4n) is 3.14. The van der Waals surface area contributed by atoms with Gasteiger partial charge in [0.15, 0.2) is 0 Å². The molecule has 26 heavy (non-hydrogen) atoms. The Morgan fingerprint density at radius 2 is 1.73 bits per heavy atom. The largest absolute Gasteiger partial charge is 0.494 e. The second kappa shape index (κ2) is 8.65. The third kappa shape index (κ3) is 4.51. The van der Waals surface area contributed by atoms with Crippen LogP contribution < -0.4 is 10.2 Å². The molecule has 0 saturated heterocycles. The fraction of sp³-hybridized carbons (Fsp3) is 0.364. The molecule has 0 aromatic heterocycles. The van der Waals surface area contributed by atoms with Gasteiger partial charge < -0.3 is 4.74 Å². The number of fused-ring (bicyclic) bond motifs is 1. The van der Waals surface area contributed by atoms with E-state index in [1.165, 1.54) is 30.4 Å². The molecular formula is C22H26N2O2. The lowest BCUT2D eigenvalue weighted by Crippen LogP contribution is -2.19. The topological polar surface area (TPSA) is 50.7 Å². The van der Waals surface area contributed by atoms with Gasteiger partial charge in [-0.05, 0) is 86.1 Å². The summed E-state index contributed by atoms with van der Waals surface area (Å²) in [6.45, 7) is 4.66. The maximum absolute atomic E-state index is 12.3. The van der Waals surface area contributed by atoms with E-state index in [1.54, 1.807) is 12.1 Å². The predicted octanol–water partition coefficient (Wildman–Crippen LogP) is 4.51. The Labute approximate surface area is 155 Å². The molecular weight excluding hydrogens is 324 g/mol. The number of carbonyl (C=O) groups excluding carboxylic acids is 1. The summed E-state index contributed by atoms with van der Waals surface area (Å²) in [5, 5.41) is 4.28. The highest BCUT2D eigenvalue weighted by molar-refractivity contribution is 6.01. The average Bonchev–Trinajstić information content (AvgIpc) is 2.70. The molecule has 136 valence electrons. The lowest BCUT2D eigenvalue weighted by atomic mass is 9.90. The molecule has 1 aliphatic carbocycles. The van der Waals surface area contributed by atoms with Gasteiger partial charge in [0, 0.05) is 5.56 Å². The van der Waals surface area contributed by atoms with E-state index in [-0.39, 0.29) is 5.91 Å². The molecule has 4 heteroatoms. The van der Waals surface area contributed by atoms with Crippen molar-refractivity contribution in [2.45, 2.75) is 46.0 Å². The average molecular weight is 350 g/mol. The quantitative estimate of drug-likeness (QED) is 0.616. The molecule has 4 nitrogen and oxygen atoms in total. The molecule has 0 aliphatic heterocycles. The standard InChI is InChI=1S/C22H26N2O2/c1-3-14-26-21-12-10-18(11-13-21)22(25)24-23-16(2)19-9-8-17-6-4-5-7-20(17)15-19/h8-13,15H,3-7,14H2,1-2H3,(H,24,25)/b23-16-. The number of nitrogens with one attached hydrogen (secondary N) is 1. The van der Waals surface area contributed by atoms with Crippen molar-refractivity contribution in [3.05, 3.63) is 64.7 Å². The summed E-state index contributed by atoms with van der Waals surface area (Å²) in [4.78, 5) is 12.3. The van der Waals surface area contributed by atoms with E-state index >= 15 is 0 Å². The summed E-state index contributed by atoms with van der Waals surface area (Å²) in [5.74, 6) is 0.557. The van der Waals surface area contributed by atoms with E-state index in [4.69, 9.17) is 4.74 Å².